The van der Waals surface area contributed by atoms with Crippen molar-refractivity contribution in [1.82, 2.24) is 19.0 Å². The van der Waals surface area contributed by atoms with E-state index >= 15 is 0 Å². The number of H-pyrrole nitrogens is 1. The molecule has 10 nitrogen and oxygen atoms in total. The van der Waals surface area contributed by atoms with Gasteiger partial charge in [0.25, 0.3) is 5.56 Å². The Morgan fingerprint density at radius 1 is 0.979 bits per heavy atom. The number of nitrogens with one attached hydrogen (secondary N) is 1. The van der Waals surface area contributed by atoms with E-state index in [0.717, 1.165) is 95.5 Å². The normalized spacial score (nSPS) is 16.6. The number of carbonyl (C=O) groups excluding carboxylic acids is 1. The number of piperidine rings is 1. The van der Waals surface area contributed by atoms with Crippen molar-refractivity contribution in [2.24, 2.45) is 12.8 Å². The molecule has 1 amide bonds. The van der Waals surface area contributed by atoms with Crippen molar-refractivity contribution in [3.63, 3.8) is 0 Å². The van der Waals surface area contributed by atoms with Gasteiger partial charge in [-0.15, -0.1) is 0 Å². The molecule has 0 unspecified atom stereocenters. The lowest BCUT2D eigenvalue weighted by molar-refractivity contribution is 0.0845. The van der Waals surface area contributed by atoms with Crippen LogP contribution >= 0.6 is 0 Å². The fourth-order valence-electron chi connectivity index (χ4n) is 7.91. The van der Waals surface area contributed by atoms with Crippen LogP contribution in [0.4, 0.5) is 5.69 Å². The largest absolute Gasteiger partial charge is 0.381 e. The second-order valence-electron chi connectivity index (χ2n) is 13.5. The van der Waals surface area contributed by atoms with Crippen LogP contribution in [0.25, 0.3) is 22.2 Å². The summed E-state index contributed by atoms with van der Waals surface area (Å²) in [6.45, 7) is 11.9. The second-order valence-corrected chi connectivity index (χ2v) is 13.5. The Morgan fingerprint density at radius 3 is 2.32 bits per heavy atom. The number of imidazole rings is 1. The van der Waals surface area contributed by atoms with Gasteiger partial charge in [0.2, 0.25) is 5.91 Å². The minimum Gasteiger partial charge on any atom is -0.381 e. The Kier molecular flexibility index (Phi) is 9.18. The third-order valence-electron chi connectivity index (χ3n) is 10.5. The highest BCUT2D eigenvalue weighted by Gasteiger charge is 2.30. The number of nitrogens with zero attached hydrogens (tertiary/aromatic N) is 4. The summed E-state index contributed by atoms with van der Waals surface area (Å²) in [5.41, 5.74) is 15.0. The van der Waals surface area contributed by atoms with Crippen LogP contribution in [0.2, 0.25) is 0 Å². The van der Waals surface area contributed by atoms with E-state index in [2.05, 4.69) is 34.8 Å². The average Bonchev–Trinajstić information content (AvgIpc) is 3.29. The fourth-order valence-corrected chi connectivity index (χ4v) is 7.91. The van der Waals surface area contributed by atoms with Crippen molar-refractivity contribution >= 4 is 22.6 Å². The van der Waals surface area contributed by atoms with Crippen LogP contribution in [0.3, 0.4) is 0 Å². The molecule has 0 bridgehead atoms. The number of hydrogen-bond acceptors (Lipinski definition) is 6. The maximum atomic E-state index is 13.7. The van der Waals surface area contributed by atoms with Crippen molar-refractivity contribution in [3.8, 4) is 11.1 Å². The molecule has 3 N–H and O–H groups in total. The van der Waals surface area contributed by atoms with Crippen LogP contribution in [0.1, 0.15) is 77.0 Å². The topological polar surface area (TPSA) is 119 Å². The molecule has 4 aromatic rings. The number of ether oxygens (including phenoxy) is 1. The molecule has 6 rings (SSSR count). The van der Waals surface area contributed by atoms with Crippen molar-refractivity contribution in [2.75, 3.05) is 44.8 Å². The molecule has 2 aliphatic heterocycles. The van der Waals surface area contributed by atoms with Crippen LogP contribution in [0.15, 0.2) is 39.9 Å². The lowest BCUT2D eigenvalue weighted by Gasteiger charge is -2.38. The summed E-state index contributed by atoms with van der Waals surface area (Å²) in [6.07, 6.45) is 3.96. The van der Waals surface area contributed by atoms with E-state index in [1.807, 2.05) is 56.7 Å². The summed E-state index contributed by atoms with van der Waals surface area (Å²) in [6, 6.07) is 10.4. The Morgan fingerprint density at radius 2 is 1.68 bits per heavy atom. The SMILES string of the molecule is CCN(c1c(C)c(C(N)=O)cc(-c2ccc3c(c2)n(C)c(=O)n3C2CCN(C)CC2)c1Cc1c(C)cc(C)[nH]c1=O)C1CCOCC1. The summed E-state index contributed by atoms with van der Waals surface area (Å²) in [7, 11) is 3.95. The number of likely N-dealkylation sites (tertiary alicyclic amines) is 1. The first-order valence-electron chi connectivity index (χ1n) is 16.9. The molecule has 2 saturated heterocycles. The number of fused-ring (bicyclic) bond motifs is 1. The molecule has 0 spiro atoms. The predicted molar refractivity (Wildman–Crippen MR) is 188 cm³/mol. The smallest absolute Gasteiger partial charge is 0.329 e. The molecule has 2 aromatic heterocycles. The standard InChI is InChI=1S/C37H48N6O4/c1-7-42(26-12-16-47-17-13-26)34-24(4)29(35(38)44)21-30(31(34)20-28-22(2)18-23(3)39-36(28)45)25-8-9-32-33(19-25)41(6)37(46)43(32)27-10-14-40(5)15-11-27/h8-9,18-19,21,26-27H,7,10-17,20H2,1-6H3,(H2,38,44)(H,39,45). The number of carbonyl (C=O) groups is 1. The number of benzene rings is 2. The van der Waals surface area contributed by atoms with Gasteiger partial charge in [-0.2, -0.15) is 0 Å². The second kappa shape index (κ2) is 13.2. The summed E-state index contributed by atoms with van der Waals surface area (Å²) >= 11 is 0. The third-order valence-corrected chi connectivity index (χ3v) is 10.5. The van der Waals surface area contributed by atoms with Crippen LogP contribution in [-0.4, -0.2) is 70.9 Å². The number of nitrogens with two attached hydrogens (primary N) is 1. The van der Waals surface area contributed by atoms with E-state index in [0.29, 0.717) is 30.8 Å². The zero-order valence-electron chi connectivity index (χ0n) is 28.6. The first-order valence-corrected chi connectivity index (χ1v) is 16.9. The summed E-state index contributed by atoms with van der Waals surface area (Å²) in [5, 5.41) is 0. The molecule has 2 aromatic carbocycles. The molecule has 0 saturated carbocycles. The van der Waals surface area contributed by atoms with Crippen molar-refractivity contribution in [2.45, 2.75) is 71.9 Å². The Hall–Kier alpha value is -4.15. The Bertz CT molecular complexity index is 1940. The molecular formula is C37H48N6O4. The average molecular weight is 641 g/mol. The highest BCUT2D eigenvalue weighted by molar-refractivity contribution is 5.99. The van der Waals surface area contributed by atoms with Gasteiger partial charge in [-0.1, -0.05) is 6.07 Å². The number of aromatic nitrogens is 3. The van der Waals surface area contributed by atoms with Gasteiger partial charge in [0.05, 0.1) is 11.0 Å². The quantitative estimate of drug-likeness (QED) is 0.291. The summed E-state index contributed by atoms with van der Waals surface area (Å²) in [4.78, 5) is 47.9. The number of amides is 1. The monoisotopic (exact) mass is 640 g/mol. The van der Waals surface area contributed by atoms with Crippen LogP contribution < -0.4 is 21.9 Å². The molecule has 0 aliphatic carbocycles. The van der Waals surface area contributed by atoms with Gasteiger partial charge in [-0.25, -0.2) is 4.79 Å². The van der Waals surface area contributed by atoms with Crippen LogP contribution in [-0.2, 0) is 18.2 Å². The number of aromatic amines is 1. The molecule has 47 heavy (non-hydrogen) atoms. The number of pyridine rings is 1. The fraction of sp³-hybridized carbons (Fsp3) is 0.486. The van der Waals surface area contributed by atoms with E-state index in [9.17, 15) is 14.4 Å². The number of primary amides is 1. The van der Waals surface area contributed by atoms with Crippen LogP contribution in [0, 0.1) is 20.8 Å². The van der Waals surface area contributed by atoms with E-state index in [4.69, 9.17) is 10.5 Å². The van der Waals surface area contributed by atoms with E-state index in [1.54, 1.807) is 4.57 Å². The molecular weight excluding hydrogens is 592 g/mol. The van der Waals surface area contributed by atoms with E-state index < -0.39 is 5.91 Å². The first kappa shape index (κ1) is 32.8. The van der Waals surface area contributed by atoms with Crippen molar-refractivity contribution in [1.29, 1.82) is 0 Å². The molecule has 2 fully saturated rings. The molecule has 0 radical (unpaired) electrons. The zero-order valence-corrected chi connectivity index (χ0v) is 28.6. The van der Waals surface area contributed by atoms with Gasteiger partial charge >= 0.3 is 5.69 Å². The Balaban J connectivity index is 1.61. The molecule has 250 valence electrons. The number of anilines is 1. The highest BCUT2D eigenvalue weighted by Crippen LogP contribution is 2.41. The van der Waals surface area contributed by atoms with Crippen LogP contribution in [0.5, 0.6) is 0 Å². The van der Waals surface area contributed by atoms with Crippen molar-refractivity contribution < 1.29 is 9.53 Å². The molecule has 4 heterocycles. The van der Waals surface area contributed by atoms with Gasteiger partial charge in [0.15, 0.2) is 0 Å². The van der Waals surface area contributed by atoms with Crippen molar-refractivity contribution in [3.05, 3.63) is 84.7 Å². The molecule has 10 heteroatoms. The lowest BCUT2D eigenvalue weighted by Crippen LogP contribution is -2.41. The maximum absolute atomic E-state index is 13.7. The van der Waals surface area contributed by atoms with Gasteiger partial charge < -0.3 is 25.3 Å². The van der Waals surface area contributed by atoms with E-state index in [-0.39, 0.29) is 23.3 Å². The maximum Gasteiger partial charge on any atom is 0.329 e. The highest BCUT2D eigenvalue weighted by atomic mass is 16.5. The molecule has 2 aliphatic rings. The van der Waals surface area contributed by atoms with Gasteiger partial charge in [-0.05, 0) is 126 Å². The number of rotatable bonds is 8. The first-order chi connectivity index (χ1) is 22.5. The third kappa shape index (κ3) is 6.05. The van der Waals surface area contributed by atoms with Gasteiger partial charge in [-0.3, -0.25) is 18.7 Å². The number of hydrogen-bond donors (Lipinski definition) is 2. The summed E-state index contributed by atoms with van der Waals surface area (Å²) < 4.78 is 9.41. The summed E-state index contributed by atoms with van der Waals surface area (Å²) in [5.74, 6) is -0.495. The lowest BCUT2D eigenvalue weighted by atomic mass is 9.86. The minimum atomic E-state index is -0.495. The predicted octanol–water partition coefficient (Wildman–Crippen LogP) is 4.58. The van der Waals surface area contributed by atoms with Gasteiger partial charge in [0.1, 0.15) is 0 Å². The van der Waals surface area contributed by atoms with Gasteiger partial charge in [0, 0.05) is 67.8 Å². The Labute approximate surface area is 276 Å². The zero-order chi connectivity index (χ0) is 33.6. The number of aryl methyl sites for hydroxylation is 3. The van der Waals surface area contributed by atoms with E-state index in [1.165, 1.54) is 0 Å². The molecule has 0 atom stereocenters. The minimum absolute atomic E-state index is 0.0205.